The van der Waals surface area contributed by atoms with Crippen molar-refractivity contribution < 1.29 is 9.53 Å². The molecule has 0 saturated heterocycles. The van der Waals surface area contributed by atoms with Gasteiger partial charge in [-0.25, -0.2) is 0 Å². The van der Waals surface area contributed by atoms with Crippen LogP contribution in [0.25, 0.3) is 11.1 Å². The van der Waals surface area contributed by atoms with Gasteiger partial charge in [-0.3, -0.25) is 14.2 Å². The summed E-state index contributed by atoms with van der Waals surface area (Å²) in [4.78, 5) is 13.2. The van der Waals surface area contributed by atoms with Gasteiger partial charge in [-0.05, 0) is 47.0 Å². The molecule has 0 unspecified atom stereocenters. The minimum atomic E-state index is -0.171. The Bertz CT molecular complexity index is 1380. The van der Waals surface area contributed by atoms with Crippen molar-refractivity contribution in [1.29, 1.82) is 0 Å². The Morgan fingerprint density at radius 2 is 1.60 bits per heavy atom. The number of ether oxygens (including phenoxy) is 1. The van der Waals surface area contributed by atoms with E-state index >= 15 is 0 Å². The van der Waals surface area contributed by atoms with E-state index in [4.69, 9.17) is 4.74 Å². The molecule has 0 bridgehead atoms. The molecule has 0 radical (unpaired) electrons. The second-order valence-electron chi connectivity index (χ2n) is 8.05. The Labute approximate surface area is 203 Å². The van der Waals surface area contributed by atoms with Gasteiger partial charge in [-0.1, -0.05) is 48.5 Å². The van der Waals surface area contributed by atoms with Crippen molar-refractivity contribution in [2.75, 3.05) is 11.9 Å². The van der Waals surface area contributed by atoms with Crippen LogP contribution in [0, 0.1) is 0 Å². The number of benzene rings is 3. The van der Waals surface area contributed by atoms with Crippen LogP contribution in [0.1, 0.15) is 15.9 Å². The first-order valence-electron chi connectivity index (χ1n) is 11.4. The van der Waals surface area contributed by atoms with Crippen molar-refractivity contribution in [3.63, 3.8) is 0 Å². The van der Waals surface area contributed by atoms with E-state index in [-0.39, 0.29) is 5.91 Å². The quantitative estimate of drug-likeness (QED) is 0.329. The predicted molar refractivity (Wildman–Crippen MR) is 135 cm³/mol. The molecule has 0 spiro atoms. The molecule has 174 valence electrons. The summed E-state index contributed by atoms with van der Waals surface area (Å²) in [7, 11) is 0. The van der Waals surface area contributed by atoms with Gasteiger partial charge in [0.15, 0.2) is 0 Å². The maximum absolute atomic E-state index is 13.2. The number of carbonyl (C=O) groups excluding carboxylic acids is 1. The van der Waals surface area contributed by atoms with Gasteiger partial charge in [0.2, 0.25) is 0 Å². The lowest BCUT2D eigenvalue weighted by Gasteiger charge is -2.12. The number of hydrogen-bond donors (Lipinski definition) is 1. The number of amides is 1. The Hall–Kier alpha value is -4.65. The van der Waals surface area contributed by atoms with Gasteiger partial charge in [0, 0.05) is 42.1 Å². The zero-order valence-electron chi connectivity index (χ0n) is 19.1. The highest BCUT2D eigenvalue weighted by Crippen LogP contribution is 2.26. The van der Waals surface area contributed by atoms with Gasteiger partial charge in [0.25, 0.3) is 5.91 Å². The molecule has 7 heteroatoms. The average molecular weight is 464 g/mol. The zero-order chi connectivity index (χ0) is 23.9. The average Bonchev–Trinajstić information content (AvgIpc) is 3.60. The van der Waals surface area contributed by atoms with Crippen LogP contribution in [0.15, 0.2) is 110 Å². The normalized spacial score (nSPS) is 10.7. The van der Waals surface area contributed by atoms with Crippen molar-refractivity contribution in [3.8, 4) is 16.9 Å². The largest absolute Gasteiger partial charge is 0.492 e. The van der Waals surface area contributed by atoms with Crippen LogP contribution in [0.4, 0.5) is 5.69 Å². The van der Waals surface area contributed by atoms with Gasteiger partial charge >= 0.3 is 0 Å². The van der Waals surface area contributed by atoms with E-state index in [1.54, 1.807) is 12.4 Å². The molecule has 0 aliphatic heterocycles. The number of aromatic nitrogens is 4. The first kappa shape index (κ1) is 22.2. The summed E-state index contributed by atoms with van der Waals surface area (Å²) < 4.78 is 9.52. The third kappa shape index (κ3) is 5.65. The van der Waals surface area contributed by atoms with Crippen LogP contribution in [0.2, 0.25) is 0 Å². The minimum absolute atomic E-state index is 0.171. The second kappa shape index (κ2) is 10.5. The molecule has 1 amide bonds. The van der Waals surface area contributed by atoms with Crippen molar-refractivity contribution in [2.24, 2.45) is 0 Å². The molecule has 0 atom stereocenters. The van der Waals surface area contributed by atoms with Crippen LogP contribution in [-0.4, -0.2) is 32.1 Å². The third-order valence-corrected chi connectivity index (χ3v) is 5.58. The zero-order valence-corrected chi connectivity index (χ0v) is 19.1. The molecule has 0 aliphatic rings. The molecular formula is C28H25N5O2. The molecule has 0 aliphatic carbocycles. The summed E-state index contributed by atoms with van der Waals surface area (Å²) in [5.41, 5.74) is 4.29. The highest BCUT2D eigenvalue weighted by atomic mass is 16.5. The fourth-order valence-electron chi connectivity index (χ4n) is 3.86. The monoisotopic (exact) mass is 463 g/mol. The van der Waals surface area contributed by atoms with Crippen LogP contribution in [0.5, 0.6) is 5.75 Å². The fourth-order valence-corrected chi connectivity index (χ4v) is 3.86. The minimum Gasteiger partial charge on any atom is -0.492 e. The van der Waals surface area contributed by atoms with E-state index in [0.717, 1.165) is 16.7 Å². The lowest BCUT2D eigenvalue weighted by Crippen LogP contribution is -2.13. The van der Waals surface area contributed by atoms with Crippen LogP contribution < -0.4 is 10.1 Å². The molecule has 35 heavy (non-hydrogen) atoms. The molecule has 1 N–H and O–H groups in total. The van der Waals surface area contributed by atoms with Crippen molar-refractivity contribution >= 4 is 11.6 Å². The van der Waals surface area contributed by atoms with E-state index < -0.39 is 0 Å². The molecule has 5 aromatic rings. The SMILES string of the molecule is O=C(Nc1cccc(OCCn2cccn2)c1)c1ccccc1-c1ccc(Cn2cccn2)cc1. The van der Waals surface area contributed by atoms with E-state index in [2.05, 4.69) is 27.6 Å². The highest BCUT2D eigenvalue weighted by molar-refractivity contribution is 6.08. The van der Waals surface area contributed by atoms with E-state index in [1.807, 2.05) is 94.6 Å². The number of hydrogen-bond acceptors (Lipinski definition) is 4. The summed E-state index contributed by atoms with van der Waals surface area (Å²) in [5.74, 6) is 0.519. The number of anilines is 1. The Kier molecular flexibility index (Phi) is 6.66. The maximum atomic E-state index is 13.2. The van der Waals surface area contributed by atoms with Gasteiger partial charge in [-0.15, -0.1) is 0 Å². The molecular weight excluding hydrogens is 438 g/mol. The summed E-state index contributed by atoms with van der Waals surface area (Å²) in [6.07, 6.45) is 7.34. The Balaban J connectivity index is 1.26. The molecule has 3 aromatic carbocycles. The molecule has 5 rings (SSSR count). The smallest absolute Gasteiger partial charge is 0.256 e. The van der Waals surface area contributed by atoms with Crippen molar-refractivity contribution in [1.82, 2.24) is 19.6 Å². The summed E-state index contributed by atoms with van der Waals surface area (Å²) in [5, 5.41) is 11.4. The highest BCUT2D eigenvalue weighted by Gasteiger charge is 2.13. The second-order valence-corrected chi connectivity index (χ2v) is 8.05. The molecule has 2 heterocycles. The van der Waals surface area contributed by atoms with Crippen LogP contribution >= 0.6 is 0 Å². The lowest BCUT2D eigenvalue weighted by molar-refractivity contribution is 0.102. The first-order valence-corrected chi connectivity index (χ1v) is 11.4. The number of carbonyl (C=O) groups is 1. The van der Waals surface area contributed by atoms with Crippen molar-refractivity contribution in [3.05, 3.63) is 121 Å². The Morgan fingerprint density at radius 3 is 2.37 bits per heavy atom. The van der Waals surface area contributed by atoms with Gasteiger partial charge < -0.3 is 10.1 Å². The first-order chi connectivity index (χ1) is 17.2. The number of rotatable bonds is 9. The topological polar surface area (TPSA) is 74.0 Å². The van der Waals surface area contributed by atoms with Crippen LogP contribution in [0.3, 0.4) is 0 Å². The standard InChI is InChI=1S/C28H25N5O2/c34-28(31-24-6-3-7-25(20-24)35-19-18-32-16-4-14-29-32)27-9-2-1-8-26(27)23-12-10-22(11-13-23)21-33-17-5-15-30-33/h1-17,20H,18-19,21H2,(H,31,34). The molecule has 2 aromatic heterocycles. The maximum Gasteiger partial charge on any atom is 0.256 e. The summed E-state index contributed by atoms with van der Waals surface area (Å²) in [6, 6.07) is 27.0. The van der Waals surface area contributed by atoms with Gasteiger partial charge in [0.05, 0.1) is 13.1 Å². The van der Waals surface area contributed by atoms with Gasteiger partial charge in [0.1, 0.15) is 12.4 Å². The summed E-state index contributed by atoms with van der Waals surface area (Å²) in [6.45, 7) is 1.84. The predicted octanol–water partition coefficient (Wildman–Crippen LogP) is 5.13. The number of nitrogens with zero attached hydrogens (tertiary/aromatic N) is 4. The molecule has 7 nitrogen and oxygen atoms in total. The third-order valence-electron chi connectivity index (χ3n) is 5.58. The lowest BCUT2D eigenvalue weighted by atomic mass is 9.98. The summed E-state index contributed by atoms with van der Waals surface area (Å²) >= 11 is 0. The number of nitrogens with one attached hydrogen (secondary N) is 1. The Morgan fingerprint density at radius 1 is 0.829 bits per heavy atom. The molecule has 0 saturated carbocycles. The van der Waals surface area contributed by atoms with E-state index in [9.17, 15) is 4.79 Å². The van der Waals surface area contributed by atoms with E-state index in [1.165, 1.54) is 0 Å². The van der Waals surface area contributed by atoms with Crippen molar-refractivity contribution in [2.45, 2.75) is 13.1 Å². The van der Waals surface area contributed by atoms with E-state index in [0.29, 0.717) is 36.7 Å². The van der Waals surface area contributed by atoms with Crippen LogP contribution in [-0.2, 0) is 13.1 Å². The van der Waals surface area contributed by atoms with Gasteiger partial charge in [-0.2, -0.15) is 10.2 Å². The fraction of sp³-hybridized carbons (Fsp3) is 0.107. The molecule has 0 fully saturated rings.